The van der Waals surface area contributed by atoms with Crippen LogP contribution in [0.3, 0.4) is 0 Å². The molecule has 0 unspecified atom stereocenters. The van der Waals surface area contributed by atoms with Gasteiger partial charge in [0, 0.05) is 22.5 Å². The summed E-state index contributed by atoms with van der Waals surface area (Å²) < 4.78 is 0. The highest BCUT2D eigenvalue weighted by Gasteiger charge is 2.52. The average Bonchev–Trinajstić information content (AvgIpc) is 4.01. The standard InChI is InChI=1S/C56H45N/c1-4-39(28-27-38(3)42-18-6-5-17-37(42)2)57(40-29-31-47-43-19-7-11-23-49(43)55(53(47)35-40)33-15-16-34-55)41-30-32-48-46-22-10-14-26-52(46)56(54(48)36-41)50-24-12-8-20-44(50)45-21-9-13-25-51(45)56/h4-14,17-32,35-36H,3,15-16,33-34H2,1-2H3/b28-27-,39-4+. The molecule has 0 atom stereocenters. The van der Waals surface area contributed by atoms with E-state index in [0.29, 0.717) is 0 Å². The Labute approximate surface area is 337 Å². The van der Waals surface area contributed by atoms with E-state index in [1.807, 2.05) is 0 Å². The summed E-state index contributed by atoms with van der Waals surface area (Å²) in [5.41, 5.74) is 23.0. The predicted octanol–water partition coefficient (Wildman–Crippen LogP) is 14.5. The Morgan fingerprint density at radius 2 is 0.965 bits per heavy atom. The Hall–Kier alpha value is -6.44. The molecule has 0 amide bonds. The first-order valence-electron chi connectivity index (χ1n) is 20.6. The Kier molecular flexibility index (Phi) is 7.60. The Morgan fingerprint density at radius 1 is 0.509 bits per heavy atom. The Bertz CT molecular complexity index is 2790. The van der Waals surface area contributed by atoms with Gasteiger partial charge in [-0.2, -0.15) is 0 Å². The van der Waals surface area contributed by atoms with Gasteiger partial charge in [0.25, 0.3) is 0 Å². The molecule has 57 heavy (non-hydrogen) atoms. The van der Waals surface area contributed by atoms with Crippen LogP contribution in [-0.4, -0.2) is 0 Å². The van der Waals surface area contributed by atoms with Crippen LogP contribution in [0.2, 0.25) is 0 Å². The molecule has 274 valence electrons. The van der Waals surface area contributed by atoms with E-state index in [1.54, 1.807) is 0 Å². The van der Waals surface area contributed by atoms with E-state index in [-0.39, 0.29) is 5.41 Å². The van der Waals surface area contributed by atoms with Gasteiger partial charge in [-0.1, -0.05) is 165 Å². The first-order chi connectivity index (χ1) is 28.0. The molecule has 7 aromatic rings. The number of benzene rings is 7. The number of anilines is 2. The molecular formula is C56H45N. The van der Waals surface area contributed by atoms with E-state index in [0.717, 1.165) is 17.0 Å². The van der Waals surface area contributed by atoms with Gasteiger partial charge in [0.1, 0.15) is 0 Å². The molecule has 1 nitrogen and oxygen atoms in total. The third-order valence-electron chi connectivity index (χ3n) is 13.7. The van der Waals surface area contributed by atoms with Crippen LogP contribution >= 0.6 is 0 Å². The van der Waals surface area contributed by atoms with Gasteiger partial charge in [0.15, 0.2) is 0 Å². The maximum Gasteiger partial charge on any atom is 0.0726 e. The number of hydrogen-bond acceptors (Lipinski definition) is 1. The monoisotopic (exact) mass is 731 g/mol. The molecule has 2 spiro atoms. The third-order valence-corrected chi connectivity index (χ3v) is 13.7. The molecule has 4 aliphatic carbocycles. The van der Waals surface area contributed by atoms with Gasteiger partial charge in [-0.05, 0) is 140 Å². The molecule has 7 aromatic carbocycles. The molecule has 0 saturated heterocycles. The van der Waals surface area contributed by atoms with Crippen molar-refractivity contribution in [2.24, 2.45) is 0 Å². The minimum Gasteiger partial charge on any atom is -0.311 e. The highest BCUT2D eigenvalue weighted by atomic mass is 15.1. The lowest BCUT2D eigenvalue weighted by Gasteiger charge is -2.33. The Morgan fingerprint density at radius 3 is 1.53 bits per heavy atom. The third kappa shape index (κ3) is 4.69. The molecule has 1 saturated carbocycles. The molecule has 0 aliphatic heterocycles. The largest absolute Gasteiger partial charge is 0.311 e. The van der Waals surface area contributed by atoms with Crippen LogP contribution in [0.4, 0.5) is 11.4 Å². The lowest BCUT2D eigenvalue weighted by molar-refractivity contribution is 0.550. The zero-order valence-electron chi connectivity index (χ0n) is 32.7. The van der Waals surface area contributed by atoms with Crippen molar-refractivity contribution < 1.29 is 0 Å². The van der Waals surface area contributed by atoms with Crippen LogP contribution < -0.4 is 4.90 Å². The second-order valence-electron chi connectivity index (χ2n) is 16.4. The van der Waals surface area contributed by atoms with Crippen molar-refractivity contribution in [1.82, 2.24) is 0 Å². The molecule has 0 aromatic heterocycles. The van der Waals surface area contributed by atoms with E-state index in [1.165, 1.54) is 109 Å². The maximum absolute atomic E-state index is 4.54. The van der Waals surface area contributed by atoms with Gasteiger partial charge < -0.3 is 4.90 Å². The van der Waals surface area contributed by atoms with Gasteiger partial charge in [-0.3, -0.25) is 0 Å². The van der Waals surface area contributed by atoms with E-state index < -0.39 is 5.41 Å². The zero-order chi connectivity index (χ0) is 38.3. The van der Waals surface area contributed by atoms with Crippen LogP contribution in [-0.2, 0) is 10.8 Å². The zero-order valence-corrected chi connectivity index (χ0v) is 32.7. The van der Waals surface area contributed by atoms with Gasteiger partial charge >= 0.3 is 0 Å². The molecule has 1 fully saturated rings. The lowest BCUT2D eigenvalue weighted by atomic mass is 9.70. The summed E-state index contributed by atoms with van der Waals surface area (Å²) in [6.45, 7) is 8.87. The fourth-order valence-electron chi connectivity index (χ4n) is 11.3. The summed E-state index contributed by atoms with van der Waals surface area (Å²) in [6, 6.07) is 59.5. The summed E-state index contributed by atoms with van der Waals surface area (Å²) in [5.74, 6) is 0. The molecule has 1 heteroatoms. The van der Waals surface area contributed by atoms with E-state index >= 15 is 0 Å². The van der Waals surface area contributed by atoms with E-state index in [4.69, 9.17) is 0 Å². The highest BCUT2D eigenvalue weighted by Crippen LogP contribution is 2.63. The number of nitrogens with zero attached hydrogens (tertiary/aromatic N) is 1. The van der Waals surface area contributed by atoms with Crippen molar-refractivity contribution in [1.29, 1.82) is 0 Å². The fourth-order valence-corrected chi connectivity index (χ4v) is 11.3. The summed E-state index contributed by atoms with van der Waals surface area (Å²) >= 11 is 0. The van der Waals surface area contributed by atoms with Crippen molar-refractivity contribution in [2.75, 3.05) is 4.90 Å². The number of hydrogen-bond donors (Lipinski definition) is 0. The van der Waals surface area contributed by atoms with Crippen molar-refractivity contribution in [3.63, 3.8) is 0 Å². The second kappa shape index (κ2) is 12.8. The molecule has 4 aliphatic rings. The summed E-state index contributed by atoms with van der Waals surface area (Å²) in [5, 5.41) is 0. The summed E-state index contributed by atoms with van der Waals surface area (Å²) in [4.78, 5) is 2.50. The molecule has 11 rings (SSSR count). The normalized spacial score (nSPS) is 16.0. The lowest BCUT2D eigenvalue weighted by Crippen LogP contribution is -2.26. The van der Waals surface area contributed by atoms with Crippen molar-refractivity contribution in [3.05, 3.63) is 233 Å². The molecule has 0 radical (unpaired) electrons. The quantitative estimate of drug-likeness (QED) is 0.154. The highest BCUT2D eigenvalue weighted by molar-refractivity contribution is 5.96. The van der Waals surface area contributed by atoms with Crippen LogP contribution in [0.15, 0.2) is 188 Å². The van der Waals surface area contributed by atoms with Gasteiger partial charge in [-0.25, -0.2) is 0 Å². The van der Waals surface area contributed by atoms with Crippen LogP contribution in [0.1, 0.15) is 77.1 Å². The minimum absolute atomic E-state index is 0.0690. The van der Waals surface area contributed by atoms with Crippen molar-refractivity contribution in [3.8, 4) is 33.4 Å². The molecule has 0 N–H and O–H groups in total. The number of aryl methyl sites for hydroxylation is 1. The average molecular weight is 732 g/mol. The number of rotatable bonds is 6. The first kappa shape index (κ1) is 33.9. The first-order valence-corrected chi connectivity index (χ1v) is 20.6. The predicted molar refractivity (Wildman–Crippen MR) is 239 cm³/mol. The van der Waals surface area contributed by atoms with Crippen LogP contribution in [0.25, 0.3) is 39.0 Å². The Balaban J connectivity index is 1.14. The summed E-state index contributed by atoms with van der Waals surface area (Å²) in [6.07, 6.45) is 11.6. The molecular weight excluding hydrogens is 687 g/mol. The fraction of sp³-hybridized carbons (Fsp3) is 0.143. The molecule has 0 heterocycles. The van der Waals surface area contributed by atoms with Crippen molar-refractivity contribution >= 4 is 16.9 Å². The van der Waals surface area contributed by atoms with E-state index in [2.05, 4.69) is 201 Å². The van der Waals surface area contributed by atoms with E-state index in [9.17, 15) is 0 Å². The van der Waals surface area contributed by atoms with Gasteiger partial charge in [0.05, 0.1) is 5.41 Å². The van der Waals surface area contributed by atoms with Crippen LogP contribution in [0, 0.1) is 6.92 Å². The van der Waals surface area contributed by atoms with Gasteiger partial charge in [0.2, 0.25) is 0 Å². The topological polar surface area (TPSA) is 3.24 Å². The molecule has 0 bridgehead atoms. The maximum atomic E-state index is 4.54. The minimum atomic E-state index is -0.417. The van der Waals surface area contributed by atoms with Crippen molar-refractivity contribution in [2.45, 2.75) is 50.4 Å². The number of fused-ring (bicyclic) bond motifs is 15. The smallest absolute Gasteiger partial charge is 0.0726 e. The second-order valence-corrected chi connectivity index (χ2v) is 16.4. The summed E-state index contributed by atoms with van der Waals surface area (Å²) in [7, 11) is 0. The number of allylic oxidation sites excluding steroid dienone is 4. The SMILES string of the molecule is C=C(/C=C\C(=C/C)N(c1ccc2c(c1)C1(CCCC1)c1ccccc1-2)c1ccc2c(c1)C1(c3ccccc3-c3ccccc31)c1ccccc1-2)c1ccccc1C. The van der Waals surface area contributed by atoms with Gasteiger partial charge in [-0.15, -0.1) is 0 Å². The van der Waals surface area contributed by atoms with Crippen LogP contribution in [0.5, 0.6) is 0 Å².